The Morgan fingerprint density at radius 2 is 1.45 bits per heavy atom. The first-order chi connectivity index (χ1) is 14.0. The molecular weight excluding hydrogens is 376 g/mol. The van der Waals surface area contributed by atoms with E-state index in [4.69, 9.17) is 26.4 Å². The van der Waals surface area contributed by atoms with Gasteiger partial charge in [-0.3, -0.25) is 0 Å². The highest BCUT2D eigenvalue weighted by Gasteiger charge is 2.58. The predicted octanol–water partition coefficient (Wildman–Crippen LogP) is 4.29. The summed E-state index contributed by atoms with van der Waals surface area (Å²) >= 11 is 0. The third-order valence-electron chi connectivity index (χ3n) is 8.56. The van der Waals surface area contributed by atoms with Crippen molar-refractivity contribution in [1.82, 2.24) is 9.97 Å². The Bertz CT molecular complexity index is 1160. The van der Waals surface area contributed by atoms with Crippen LogP contribution in [-0.2, 0) is 16.2 Å². The fourth-order valence-corrected chi connectivity index (χ4v) is 5.35. The molecule has 5 heteroatoms. The summed E-state index contributed by atoms with van der Waals surface area (Å²) in [7, 11) is 13.6. The number of imidazole rings is 1. The van der Waals surface area contributed by atoms with E-state index >= 15 is 0 Å². The Hall–Kier alpha value is -2.16. The first-order valence-electron chi connectivity index (χ1n) is 11.1. The average molecular weight is 409 g/mol. The third kappa shape index (κ3) is 2.71. The molecule has 0 amide bonds. The number of anilines is 1. The van der Waals surface area contributed by atoms with Crippen molar-refractivity contribution >= 4 is 43.3 Å². The Labute approximate surface area is 189 Å². The molecule has 3 nitrogen and oxygen atoms in total. The van der Waals surface area contributed by atoms with Gasteiger partial charge in [0.15, 0.2) is 0 Å². The first kappa shape index (κ1) is 22.0. The van der Waals surface area contributed by atoms with Gasteiger partial charge in [0.25, 0.3) is 0 Å². The molecule has 31 heavy (non-hydrogen) atoms. The minimum Gasteiger partial charge on any atom is -0.398 e. The van der Waals surface area contributed by atoms with Gasteiger partial charge in [0.2, 0.25) is 0 Å². The average Bonchev–Trinajstić information content (AvgIpc) is 3.12. The van der Waals surface area contributed by atoms with E-state index in [0.717, 1.165) is 38.6 Å². The summed E-state index contributed by atoms with van der Waals surface area (Å²) in [6.45, 7) is 20.2. The maximum absolute atomic E-state index is 6.81. The molecule has 3 N–H and O–H groups in total. The molecule has 1 aliphatic carbocycles. The normalized spacial score (nSPS) is 19.0. The number of nitrogens with two attached hydrogens (primary N) is 1. The molecule has 2 aromatic carbocycles. The van der Waals surface area contributed by atoms with E-state index in [2.05, 4.69) is 73.4 Å². The van der Waals surface area contributed by atoms with Gasteiger partial charge >= 0.3 is 0 Å². The predicted molar refractivity (Wildman–Crippen MR) is 135 cm³/mol. The molecule has 4 radical (unpaired) electrons. The topological polar surface area (TPSA) is 54.7 Å². The van der Waals surface area contributed by atoms with E-state index in [1.165, 1.54) is 5.56 Å². The number of aromatic amines is 1. The van der Waals surface area contributed by atoms with Crippen LogP contribution in [0.25, 0.3) is 22.4 Å². The SMILES string of the molecule is [B]c1c2c(c([B])c3[nH]c(-c4ccc(C(C)(C)C)cc4N)nc13)C(C)(C)C(C)(C)C2(C)C. The zero-order valence-corrected chi connectivity index (χ0v) is 20.4. The number of benzene rings is 2. The monoisotopic (exact) mass is 409 g/mol. The molecule has 0 spiro atoms. The second kappa shape index (κ2) is 6.21. The lowest BCUT2D eigenvalue weighted by Crippen LogP contribution is -2.43. The number of nitrogen functional groups attached to an aromatic ring is 1. The van der Waals surface area contributed by atoms with E-state index in [-0.39, 0.29) is 21.7 Å². The minimum absolute atomic E-state index is 0.0279. The van der Waals surface area contributed by atoms with Crippen LogP contribution < -0.4 is 16.7 Å². The highest BCUT2D eigenvalue weighted by molar-refractivity contribution is 6.46. The first-order valence-corrected chi connectivity index (χ1v) is 11.1. The third-order valence-corrected chi connectivity index (χ3v) is 8.56. The zero-order chi connectivity index (χ0) is 23.3. The number of aromatic nitrogens is 2. The van der Waals surface area contributed by atoms with Gasteiger partial charge in [-0.1, -0.05) is 79.3 Å². The number of fused-ring (bicyclic) bond motifs is 2. The summed E-state index contributed by atoms with van der Waals surface area (Å²) in [5.74, 6) is 0.699. The van der Waals surface area contributed by atoms with E-state index < -0.39 is 0 Å². The van der Waals surface area contributed by atoms with Crippen LogP contribution in [0.2, 0.25) is 0 Å². The van der Waals surface area contributed by atoms with Crippen molar-refractivity contribution in [2.24, 2.45) is 5.41 Å². The maximum Gasteiger partial charge on any atom is 0.140 e. The fraction of sp³-hybridized carbons (Fsp3) is 0.500. The van der Waals surface area contributed by atoms with Crippen LogP contribution in [0.4, 0.5) is 5.69 Å². The van der Waals surface area contributed by atoms with Crippen LogP contribution in [0, 0.1) is 5.41 Å². The molecule has 3 aromatic rings. The Morgan fingerprint density at radius 1 is 0.903 bits per heavy atom. The molecule has 0 aliphatic heterocycles. The molecule has 0 bridgehead atoms. The lowest BCUT2D eigenvalue weighted by atomic mass is 9.58. The molecule has 158 valence electrons. The van der Waals surface area contributed by atoms with Crippen molar-refractivity contribution in [3.63, 3.8) is 0 Å². The highest BCUT2D eigenvalue weighted by atomic mass is 14.9. The van der Waals surface area contributed by atoms with Gasteiger partial charge in [0.1, 0.15) is 21.5 Å². The molecule has 0 unspecified atom stereocenters. The van der Waals surface area contributed by atoms with Gasteiger partial charge in [-0.25, -0.2) is 4.98 Å². The van der Waals surface area contributed by atoms with E-state index in [0.29, 0.717) is 11.5 Å². The summed E-state index contributed by atoms with van der Waals surface area (Å²) in [5, 5.41) is 0. The number of hydrogen-bond acceptors (Lipinski definition) is 2. The zero-order valence-electron chi connectivity index (χ0n) is 20.4. The van der Waals surface area contributed by atoms with Gasteiger partial charge in [0.05, 0.1) is 11.0 Å². The highest BCUT2D eigenvalue weighted by Crippen LogP contribution is 2.60. The van der Waals surface area contributed by atoms with Crippen LogP contribution in [0.15, 0.2) is 18.2 Å². The summed E-state index contributed by atoms with van der Waals surface area (Å²) < 4.78 is 0. The Kier molecular flexibility index (Phi) is 4.42. The second-order valence-electron chi connectivity index (χ2n) is 11.8. The quantitative estimate of drug-likeness (QED) is 0.466. The van der Waals surface area contributed by atoms with Crippen molar-refractivity contribution in [3.05, 3.63) is 34.9 Å². The maximum atomic E-state index is 6.81. The Balaban J connectivity index is 1.99. The summed E-state index contributed by atoms with van der Waals surface area (Å²) in [6.07, 6.45) is 0. The van der Waals surface area contributed by atoms with Crippen molar-refractivity contribution < 1.29 is 0 Å². The van der Waals surface area contributed by atoms with Gasteiger partial charge in [0, 0.05) is 11.3 Å². The van der Waals surface area contributed by atoms with E-state index in [1.54, 1.807) is 0 Å². The van der Waals surface area contributed by atoms with E-state index in [9.17, 15) is 0 Å². The lowest BCUT2D eigenvalue weighted by Gasteiger charge is -2.45. The van der Waals surface area contributed by atoms with Crippen LogP contribution in [0.1, 0.15) is 79.0 Å². The van der Waals surface area contributed by atoms with Gasteiger partial charge in [-0.05, 0) is 50.5 Å². The summed E-state index contributed by atoms with van der Waals surface area (Å²) in [5.41, 5.74) is 14.1. The van der Waals surface area contributed by atoms with E-state index in [1.807, 2.05) is 12.1 Å². The number of nitrogens with one attached hydrogen (secondary N) is 1. The molecule has 0 fully saturated rings. The molecule has 0 saturated carbocycles. The summed E-state index contributed by atoms with van der Waals surface area (Å²) in [6, 6.07) is 6.18. The van der Waals surface area contributed by atoms with Crippen LogP contribution >= 0.6 is 0 Å². The minimum atomic E-state index is -0.148. The van der Waals surface area contributed by atoms with Crippen LogP contribution in [0.3, 0.4) is 0 Å². The largest absolute Gasteiger partial charge is 0.398 e. The Morgan fingerprint density at radius 3 is 1.97 bits per heavy atom. The van der Waals surface area contributed by atoms with Crippen LogP contribution in [0.5, 0.6) is 0 Å². The van der Waals surface area contributed by atoms with Crippen LogP contribution in [-0.4, -0.2) is 25.7 Å². The van der Waals surface area contributed by atoms with Gasteiger partial charge in [-0.2, -0.15) is 0 Å². The molecule has 1 heterocycles. The fourth-order valence-electron chi connectivity index (χ4n) is 5.35. The smallest absolute Gasteiger partial charge is 0.140 e. The van der Waals surface area contributed by atoms with Gasteiger partial charge in [-0.15, -0.1) is 0 Å². The molecule has 4 rings (SSSR count). The van der Waals surface area contributed by atoms with Crippen molar-refractivity contribution in [1.29, 1.82) is 0 Å². The van der Waals surface area contributed by atoms with Gasteiger partial charge < -0.3 is 10.7 Å². The molecule has 1 aromatic heterocycles. The van der Waals surface area contributed by atoms with Crippen molar-refractivity contribution in [2.75, 3.05) is 5.73 Å². The number of rotatable bonds is 1. The van der Waals surface area contributed by atoms with Crippen molar-refractivity contribution in [3.8, 4) is 11.4 Å². The lowest BCUT2D eigenvalue weighted by molar-refractivity contribution is 0.125. The summed E-state index contributed by atoms with van der Waals surface area (Å²) in [4.78, 5) is 8.34. The number of hydrogen-bond donors (Lipinski definition) is 2. The number of H-pyrrole nitrogens is 1. The molecular formula is C26H33B2N3. The standard InChI is InChI=1S/C26H33B2N3/c1-23(2,3)13-10-11-14(15(29)12-13)22-30-20-18(27)16-17(19(28)21(20)31-22)25(6,7)26(8,9)24(16,4)5/h10-12H,29H2,1-9H3,(H,30,31). The molecule has 1 aliphatic rings. The molecule has 0 atom stereocenters. The van der Waals surface area contributed by atoms with Crippen molar-refractivity contribution in [2.45, 2.75) is 78.6 Å². The second-order valence-corrected chi connectivity index (χ2v) is 11.8. The molecule has 0 saturated heterocycles. The number of nitrogens with zero attached hydrogens (tertiary/aromatic N) is 1.